The van der Waals surface area contributed by atoms with E-state index < -0.39 is 11.6 Å². The molecule has 1 aliphatic carbocycles. The molecule has 7 nitrogen and oxygen atoms in total. The molecule has 1 spiro atoms. The van der Waals surface area contributed by atoms with Crippen LogP contribution in [-0.4, -0.2) is 47.9 Å². The molecule has 4 amide bonds. The van der Waals surface area contributed by atoms with E-state index in [1.807, 2.05) is 24.3 Å². The van der Waals surface area contributed by atoms with Crippen molar-refractivity contribution in [1.29, 1.82) is 0 Å². The lowest BCUT2D eigenvalue weighted by molar-refractivity contribution is -0.135. The lowest BCUT2D eigenvalue weighted by atomic mass is 9.75. The van der Waals surface area contributed by atoms with Crippen LogP contribution in [0.4, 0.5) is 16.2 Å². The number of benzene rings is 1. The van der Waals surface area contributed by atoms with Crippen LogP contribution >= 0.6 is 0 Å². The van der Waals surface area contributed by atoms with Crippen LogP contribution in [0.25, 0.3) is 0 Å². The van der Waals surface area contributed by atoms with Crippen LogP contribution in [-0.2, 0) is 9.59 Å². The van der Waals surface area contributed by atoms with E-state index in [2.05, 4.69) is 22.5 Å². The normalized spacial score (nSPS) is 26.8. The first kappa shape index (κ1) is 20.7. The average molecular weight is 413 g/mol. The second kappa shape index (κ2) is 8.66. The van der Waals surface area contributed by atoms with Gasteiger partial charge in [0.1, 0.15) is 12.1 Å². The van der Waals surface area contributed by atoms with Gasteiger partial charge in [0, 0.05) is 24.5 Å². The Morgan fingerprint density at radius 1 is 1.10 bits per heavy atom. The molecule has 2 saturated heterocycles. The molecule has 3 aliphatic rings. The predicted molar refractivity (Wildman–Crippen MR) is 116 cm³/mol. The SMILES string of the molecule is CCC1CCC2(CC1)NC(=O)N(CC(=O)Nc1ccc(N3CCCCC3)cc1)C2=O. The van der Waals surface area contributed by atoms with Gasteiger partial charge in [-0.15, -0.1) is 0 Å². The van der Waals surface area contributed by atoms with Crippen LogP contribution in [0.15, 0.2) is 24.3 Å². The third-order valence-corrected chi connectivity index (χ3v) is 6.96. The van der Waals surface area contributed by atoms with Gasteiger partial charge >= 0.3 is 6.03 Å². The molecule has 0 bridgehead atoms. The summed E-state index contributed by atoms with van der Waals surface area (Å²) in [6.45, 7) is 4.04. The van der Waals surface area contributed by atoms with Crippen molar-refractivity contribution in [2.75, 3.05) is 29.9 Å². The zero-order chi connectivity index (χ0) is 21.1. The molecule has 0 unspecified atom stereocenters. The number of carbonyl (C=O) groups excluding carboxylic acids is 3. The second-order valence-electron chi connectivity index (χ2n) is 8.90. The largest absolute Gasteiger partial charge is 0.372 e. The summed E-state index contributed by atoms with van der Waals surface area (Å²) in [5.74, 6) is 0.00625. The first-order chi connectivity index (χ1) is 14.5. The van der Waals surface area contributed by atoms with Crippen molar-refractivity contribution in [2.45, 2.75) is 63.8 Å². The van der Waals surface area contributed by atoms with E-state index in [1.54, 1.807) is 0 Å². The van der Waals surface area contributed by atoms with E-state index in [0.717, 1.165) is 42.9 Å². The minimum absolute atomic E-state index is 0.252. The van der Waals surface area contributed by atoms with Gasteiger partial charge in [-0.05, 0) is 75.1 Å². The van der Waals surface area contributed by atoms with E-state index in [1.165, 1.54) is 19.3 Å². The minimum atomic E-state index is -0.806. The molecule has 1 aromatic rings. The molecule has 4 rings (SSSR count). The number of imide groups is 1. The minimum Gasteiger partial charge on any atom is -0.372 e. The molecule has 2 heterocycles. The fraction of sp³-hybridized carbons (Fsp3) is 0.609. The maximum absolute atomic E-state index is 13.0. The number of hydrogen-bond acceptors (Lipinski definition) is 4. The molecule has 1 saturated carbocycles. The van der Waals surface area contributed by atoms with E-state index in [9.17, 15) is 14.4 Å². The molecule has 2 aliphatic heterocycles. The van der Waals surface area contributed by atoms with Crippen LogP contribution < -0.4 is 15.5 Å². The van der Waals surface area contributed by atoms with Crippen LogP contribution in [0.5, 0.6) is 0 Å². The molecule has 2 N–H and O–H groups in total. The van der Waals surface area contributed by atoms with Gasteiger partial charge in [-0.25, -0.2) is 4.79 Å². The maximum Gasteiger partial charge on any atom is 0.325 e. The lowest BCUT2D eigenvalue weighted by Crippen LogP contribution is -2.49. The van der Waals surface area contributed by atoms with Crippen LogP contribution in [0.1, 0.15) is 58.3 Å². The van der Waals surface area contributed by atoms with E-state index in [4.69, 9.17) is 0 Å². The molecule has 0 atom stereocenters. The van der Waals surface area contributed by atoms with E-state index >= 15 is 0 Å². The topological polar surface area (TPSA) is 81.8 Å². The molecule has 30 heavy (non-hydrogen) atoms. The first-order valence-corrected chi connectivity index (χ1v) is 11.3. The number of hydrogen-bond donors (Lipinski definition) is 2. The number of carbonyl (C=O) groups is 3. The summed E-state index contributed by atoms with van der Waals surface area (Å²) in [5, 5.41) is 5.69. The Kier molecular flexibility index (Phi) is 5.97. The smallest absolute Gasteiger partial charge is 0.325 e. The third-order valence-electron chi connectivity index (χ3n) is 6.96. The number of nitrogens with zero attached hydrogens (tertiary/aromatic N) is 2. The van der Waals surface area contributed by atoms with Gasteiger partial charge < -0.3 is 15.5 Å². The summed E-state index contributed by atoms with van der Waals surface area (Å²) >= 11 is 0. The summed E-state index contributed by atoms with van der Waals surface area (Å²) in [6.07, 6.45) is 8.00. The lowest BCUT2D eigenvalue weighted by Gasteiger charge is -2.34. The van der Waals surface area contributed by atoms with E-state index in [-0.39, 0.29) is 18.4 Å². The molecule has 162 valence electrons. The highest BCUT2D eigenvalue weighted by atomic mass is 16.2. The highest BCUT2D eigenvalue weighted by Crippen LogP contribution is 2.37. The van der Waals surface area contributed by atoms with Gasteiger partial charge in [-0.3, -0.25) is 14.5 Å². The van der Waals surface area contributed by atoms with Crippen LogP contribution in [0, 0.1) is 5.92 Å². The second-order valence-corrected chi connectivity index (χ2v) is 8.90. The van der Waals surface area contributed by atoms with Gasteiger partial charge in [-0.1, -0.05) is 13.3 Å². The van der Waals surface area contributed by atoms with Gasteiger partial charge in [0.15, 0.2) is 0 Å². The monoisotopic (exact) mass is 412 g/mol. The van der Waals surface area contributed by atoms with Crippen molar-refractivity contribution in [1.82, 2.24) is 10.2 Å². The van der Waals surface area contributed by atoms with Crippen molar-refractivity contribution in [3.05, 3.63) is 24.3 Å². The molecular weight excluding hydrogens is 380 g/mol. The first-order valence-electron chi connectivity index (χ1n) is 11.3. The Morgan fingerprint density at radius 3 is 2.40 bits per heavy atom. The van der Waals surface area contributed by atoms with Crippen molar-refractivity contribution >= 4 is 29.2 Å². The van der Waals surface area contributed by atoms with Gasteiger partial charge in [0.2, 0.25) is 5.91 Å². The Labute approximate surface area is 178 Å². The Balaban J connectivity index is 1.33. The standard InChI is InChI=1S/C23H32N4O3/c1-2-17-10-12-23(13-11-17)21(29)27(22(30)25-23)16-20(28)24-18-6-8-19(9-7-18)26-14-4-3-5-15-26/h6-9,17H,2-5,10-16H2,1H3,(H,24,28)(H,25,30). The Morgan fingerprint density at radius 2 is 1.77 bits per heavy atom. The number of urea groups is 1. The molecule has 1 aromatic carbocycles. The quantitative estimate of drug-likeness (QED) is 0.725. The van der Waals surface area contributed by atoms with Crippen molar-refractivity contribution in [3.8, 4) is 0 Å². The van der Waals surface area contributed by atoms with Crippen molar-refractivity contribution < 1.29 is 14.4 Å². The summed E-state index contributed by atoms with van der Waals surface area (Å²) in [5.41, 5.74) is 1.02. The molecule has 3 fully saturated rings. The average Bonchev–Trinajstić information content (AvgIpc) is 2.99. The number of rotatable bonds is 5. The van der Waals surface area contributed by atoms with Gasteiger partial charge in [-0.2, -0.15) is 0 Å². The number of anilines is 2. The maximum atomic E-state index is 13.0. The third kappa shape index (κ3) is 4.16. The fourth-order valence-corrected chi connectivity index (χ4v) is 4.99. The fourth-order valence-electron chi connectivity index (χ4n) is 4.99. The number of nitrogens with one attached hydrogen (secondary N) is 2. The van der Waals surface area contributed by atoms with Crippen LogP contribution in [0.3, 0.4) is 0 Å². The van der Waals surface area contributed by atoms with Crippen molar-refractivity contribution in [3.63, 3.8) is 0 Å². The molecule has 0 radical (unpaired) electrons. The molecule has 7 heteroatoms. The zero-order valence-electron chi connectivity index (χ0n) is 17.8. The highest BCUT2D eigenvalue weighted by molar-refractivity contribution is 6.10. The summed E-state index contributed by atoms with van der Waals surface area (Å²) in [6, 6.07) is 7.32. The summed E-state index contributed by atoms with van der Waals surface area (Å²) in [7, 11) is 0. The van der Waals surface area contributed by atoms with Crippen LogP contribution in [0.2, 0.25) is 0 Å². The van der Waals surface area contributed by atoms with E-state index in [0.29, 0.717) is 24.4 Å². The number of amides is 4. The van der Waals surface area contributed by atoms with Gasteiger partial charge in [0.25, 0.3) is 5.91 Å². The molecule has 0 aromatic heterocycles. The number of piperidine rings is 1. The highest BCUT2D eigenvalue weighted by Gasteiger charge is 2.52. The predicted octanol–water partition coefficient (Wildman–Crippen LogP) is 3.51. The summed E-state index contributed by atoms with van der Waals surface area (Å²) in [4.78, 5) is 41.3. The van der Waals surface area contributed by atoms with Gasteiger partial charge in [0.05, 0.1) is 0 Å². The van der Waals surface area contributed by atoms with Crippen molar-refractivity contribution in [2.24, 2.45) is 5.92 Å². The zero-order valence-corrected chi connectivity index (χ0v) is 17.8. The Bertz CT molecular complexity index is 793. The molecular formula is C23H32N4O3. The Hall–Kier alpha value is -2.57. The summed E-state index contributed by atoms with van der Waals surface area (Å²) < 4.78 is 0.